The third kappa shape index (κ3) is 2.76. The van der Waals surface area contributed by atoms with Gasteiger partial charge in [-0.1, -0.05) is 12.1 Å². The Kier molecular flexibility index (Phi) is 4.14. The summed E-state index contributed by atoms with van der Waals surface area (Å²) in [6.07, 6.45) is 6.96. The number of nitrogens with zero attached hydrogens (tertiary/aromatic N) is 2. The molecule has 0 aliphatic carbocycles. The molecule has 3 rings (SSSR count). The number of aromatic nitrogens is 2. The maximum absolute atomic E-state index is 8.97. The molecule has 0 unspecified atom stereocenters. The van der Waals surface area contributed by atoms with Gasteiger partial charge in [0.05, 0.1) is 6.33 Å². The van der Waals surface area contributed by atoms with Crippen LogP contribution in [0.2, 0.25) is 0 Å². The minimum atomic E-state index is 0.199. The minimum absolute atomic E-state index is 0.199. The summed E-state index contributed by atoms with van der Waals surface area (Å²) in [7, 11) is 0. The predicted molar refractivity (Wildman–Crippen MR) is 79.2 cm³/mol. The van der Waals surface area contributed by atoms with E-state index in [4.69, 9.17) is 5.11 Å². The van der Waals surface area contributed by atoms with Crippen molar-refractivity contribution in [2.45, 2.75) is 25.2 Å². The van der Waals surface area contributed by atoms with Crippen molar-refractivity contribution in [3.05, 3.63) is 48.0 Å². The Morgan fingerprint density at radius 3 is 2.65 bits per heavy atom. The largest absolute Gasteiger partial charge is 0.396 e. The van der Waals surface area contributed by atoms with Gasteiger partial charge in [0.25, 0.3) is 0 Å². The molecular weight excluding hydrogens is 250 g/mol. The lowest BCUT2D eigenvalue weighted by molar-refractivity contribution is 0.299. The van der Waals surface area contributed by atoms with Crippen LogP contribution >= 0.6 is 0 Å². The molecule has 2 aromatic rings. The molecule has 0 bridgehead atoms. The molecule has 1 aromatic heterocycles. The number of imidazole rings is 1. The summed E-state index contributed by atoms with van der Waals surface area (Å²) in [5.41, 5.74) is 3.62. The lowest BCUT2D eigenvalue weighted by Gasteiger charge is -2.23. The first-order valence-corrected chi connectivity index (χ1v) is 7.31. The van der Waals surface area contributed by atoms with Crippen molar-refractivity contribution >= 4 is 0 Å². The van der Waals surface area contributed by atoms with E-state index in [0.29, 0.717) is 12.3 Å². The summed E-state index contributed by atoms with van der Waals surface area (Å²) in [4.78, 5) is 4.34. The lowest BCUT2D eigenvalue weighted by Crippen LogP contribution is -2.27. The molecule has 0 spiro atoms. The van der Waals surface area contributed by atoms with Crippen LogP contribution in [0.15, 0.2) is 36.8 Å². The van der Waals surface area contributed by atoms with Crippen molar-refractivity contribution in [3.8, 4) is 5.69 Å². The minimum Gasteiger partial charge on any atom is -0.396 e. The summed E-state index contributed by atoms with van der Waals surface area (Å²) >= 11 is 0. The molecule has 4 nitrogen and oxygen atoms in total. The highest BCUT2D eigenvalue weighted by molar-refractivity contribution is 5.37. The third-order valence-corrected chi connectivity index (χ3v) is 4.04. The maximum atomic E-state index is 8.97. The second-order valence-electron chi connectivity index (χ2n) is 5.35. The van der Waals surface area contributed by atoms with Gasteiger partial charge in [-0.2, -0.15) is 0 Å². The molecule has 1 saturated heterocycles. The number of hydrogen-bond acceptors (Lipinski definition) is 3. The fourth-order valence-corrected chi connectivity index (χ4v) is 2.89. The third-order valence-electron chi connectivity index (χ3n) is 4.04. The number of nitrogens with one attached hydrogen (secondary N) is 1. The van der Waals surface area contributed by atoms with E-state index in [9.17, 15) is 0 Å². The Morgan fingerprint density at radius 2 is 1.95 bits per heavy atom. The number of benzene rings is 1. The van der Waals surface area contributed by atoms with Gasteiger partial charge in [0.2, 0.25) is 0 Å². The molecule has 0 radical (unpaired) electrons. The van der Waals surface area contributed by atoms with E-state index < -0.39 is 0 Å². The zero-order valence-electron chi connectivity index (χ0n) is 11.6. The fraction of sp³-hybridized carbons (Fsp3) is 0.438. The van der Waals surface area contributed by atoms with Crippen LogP contribution in [0.3, 0.4) is 0 Å². The van der Waals surface area contributed by atoms with Crippen LogP contribution in [0.4, 0.5) is 0 Å². The average Bonchev–Trinajstić information content (AvgIpc) is 2.99. The van der Waals surface area contributed by atoms with Crippen LogP contribution < -0.4 is 5.32 Å². The van der Waals surface area contributed by atoms with E-state index >= 15 is 0 Å². The standard InChI is InChI=1S/C16H21N3O/c20-10-7-13-1-3-15(4-2-13)19-12-18-11-16(19)14-5-8-17-9-6-14/h1-4,11-12,14,17,20H,5-10H2. The second-order valence-corrected chi connectivity index (χ2v) is 5.35. The Labute approximate surface area is 119 Å². The van der Waals surface area contributed by atoms with Crippen molar-refractivity contribution in [1.29, 1.82) is 0 Å². The first-order valence-electron chi connectivity index (χ1n) is 7.31. The molecular formula is C16H21N3O. The highest BCUT2D eigenvalue weighted by Crippen LogP contribution is 2.27. The molecule has 1 aliphatic rings. The average molecular weight is 271 g/mol. The quantitative estimate of drug-likeness (QED) is 0.892. The molecule has 4 heteroatoms. The van der Waals surface area contributed by atoms with Gasteiger partial charge in [-0.15, -0.1) is 0 Å². The number of aliphatic hydroxyl groups excluding tert-OH is 1. The van der Waals surface area contributed by atoms with E-state index in [0.717, 1.165) is 18.8 Å². The molecule has 0 atom stereocenters. The molecule has 0 saturated carbocycles. The van der Waals surface area contributed by atoms with Gasteiger partial charge in [0.15, 0.2) is 0 Å². The monoisotopic (exact) mass is 271 g/mol. The Hall–Kier alpha value is -1.65. The molecule has 1 fully saturated rings. The zero-order chi connectivity index (χ0) is 13.8. The van der Waals surface area contributed by atoms with Gasteiger partial charge >= 0.3 is 0 Å². The Bertz CT molecular complexity index is 541. The van der Waals surface area contributed by atoms with Crippen molar-refractivity contribution in [2.24, 2.45) is 0 Å². The molecule has 0 amide bonds. The van der Waals surface area contributed by atoms with E-state index in [1.165, 1.54) is 24.1 Å². The van der Waals surface area contributed by atoms with Crippen LogP contribution in [0.5, 0.6) is 0 Å². The van der Waals surface area contributed by atoms with Gasteiger partial charge < -0.3 is 15.0 Å². The summed E-state index contributed by atoms with van der Waals surface area (Å²) < 4.78 is 2.19. The first-order chi connectivity index (χ1) is 9.88. The van der Waals surface area contributed by atoms with Crippen molar-refractivity contribution in [1.82, 2.24) is 14.9 Å². The van der Waals surface area contributed by atoms with Gasteiger partial charge in [-0.3, -0.25) is 0 Å². The topological polar surface area (TPSA) is 50.1 Å². The number of aliphatic hydroxyl groups is 1. The van der Waals surface area contributed by atoms with Gasteiger partial charge in [-0.05, 0) is 50.0 Å². The van der Waals surface area contributed by atoms with E-state index in [2.05, 4.69) is 39.1 Å². The summed E-state index contributed by atoms with van der Waals surface area (Å²) in [6, 6.07) is 8.38. The molecule has 1 aromatic carbocycles. The maximum Gasteiger partial charge on any atom is 0.0994 e. The van der Waals surface area contributed by atoms with Crippen molar-refractivity contribution in [3.63, 3.8) is 0 Å². The molecule has 1 aliphatic heterocycles. The van der Waals surface area contributed by atoms with E-state index in [1.807, 2.05) is 12.5 Å². The molecule has 2 N–H and O–H groups in total. The van der Waals surface area contributed by atoms with Crippen LogP contribution in [-0.4, -0.2) is 34.4 Å². The van der Waals surface area contributed by atoms with Crippen molar-refractivity contribution < 1.29 is 5.11 Å². The Morgan fingerprint density at radius 1 is 1.20 bits per heavy atom. The zero-order valence-corrected chi connectivity index (χ0v) is 11.6. The highest BCUT2D eigenvalue weighted by Gasteiger charge is 2.19. The van der Waals surface area contributed by atoms with E-state index in [-0.39, 0.29) is 6.61 Å². The van der Waals surface area contributed by atoms with Crippen molar-refractivity contribution in [2.75, 3.05) is 19.7 Å². The van der Waals surface area contributed by atoms with E-state index in [1.54, 1.807) is 0 Å². The normalized spacial score (nSPS) is 16.4. The number of rotatable bonds is 4. The number of hydrogen-bond donors (Lipinski definition) is 2. The summed E-state index contributed by atoms with van der Waals surface area (Å²) in [5.74, 6) is 0.593. The summed E-state index contributed by atoms with van der Waals surface area (Å²) in [6.45, 7) is 2.38. The summed E-state index contributed by atoms with van der Waals surface area (Å²) in [5, 5.41) is 12.4. The van der Waals surface area contributed by atoms with Crippen LogP contribution in [0.25, 0.3) is 5.69 Å². The molecule has 20 heavy (non-hydrogen) atoms. The van der Waals surface area contributed by atoms with Gasteiger partial charge in [0, 0.05) is 30.1 Å². The van der Waals surface area contributed by atoms with Crippen LogP contribution in [-0.2, 0) is 6.42 Å². The number of piperidine rings is 1. The van der Waals surface area contributed by atoms with Crippen LogP contribution in [0, 0.1) is 0 Å². The second kappa shape index (κ2) is 6.20. The highest BCUT2D eigenvalue weighted by atomic mass is 16.2. The molecule has 106 valence electrons. The van der Waals surface area contributed by atoms with Crippen LogP contribution in [0.1, 0.15) is 30.0 Å². The van der Waals surface area contributed by atoms with Gasteiger partial charge in [-0.25, -0.2) is 4.98 Å². The fourth-order valence-electron chi connectivity index (χ4n) is 2.89. The first kappa shape index (κ1) is 13.3. The Balaban J connectivity index is 1.84. The molecule has 2 heterocycles. The van der Waals surface area contributed by atoms with Gasteiger partial charge in [0.1, 0.15) is 0 Å². The SMILES string of the molecule is OCCc1ccc(-n2cncc2C2CCNCC2)cc1. The predicted octanol–water partition coefficient (Wildman–Crippen LogP) is 1.87. The smallest absolute Gasteiger partial charge is 0.0994 e. The lowest BCUT2D eigenvalue weighted by atomic mass is 9.95.